The first kappa shape index (κ1) is 11.9. The Morgan fingerprint density at radius 3 is 2.00 bits per heavy atom. The lowest BCUT2D eigenvalue weighted by molar-refractivity contribution is 0.362. The van der Waals surface area contributed by atoms with Crippen molar-refractivity contribution in [3.63, 3.8) is 0 Å². The van der Waals surface area contributed by atoms with Crippen molar-refractivity contribution in [2.75, 3.05) is 5.75 Å². The lowest BCUT2D eigenvalue weighted by atomic mass is 9.90. The molecule has 0 amide bonds. The third-order valence-corrected chi connectivity index (χ3v) is 2.38. The van der Waals surface area contributed by atoms with Crippen molar-refractivity contribution in [2.45, 2.75) is 40.0 Å². The molecule has 74 valence electrons. The van der Waals surface area contributed by atoms with E-state index in [4.69, 9.17) is 4.55 Å². The van der Waals surface area contributed by atoms with Crippen LogP contribution in [0.15, 0.2) is 0 Å². The second-order valence-corrected chi connectivity index (χ2v) is 5.88. The third-order valence-electron chi connectivity index (χ3n) is 1.58. The minimum absolute atomic E-state index is 0.108. The van der Waals surface area contributed by atoms with Crippen LogP contribution in [0.4, 0.5) is 0 Å². The Kier molecular flexibility index (Phi) is 4.20. The van der Waals surface area contributed by atoms with E-state index in [1.54, 1.807) is 0 Å². The van der Waals surface area contributed by atoms with E-state index in [-0.39, 0.29) is 11.2 Å². The van der Waals surface area contributed by atoms with Gasteiger partial charge in [-0.2, -0.15) is 8.42 Å². The van der Waals surface area contributed by atoms with Crippen molar-refractivity contribution in [1.82, 2.24) is 0 Å². The van der Waals surface area contributed by atoms with Gasteiger partial charge in [-0.15, -0.1) is 0 Å². The Balaban J connectivity index is 3.48. The van der Waals surface area contributed by atoms with Gasteiger partial charge in [0.25, 0.3) is 10.1 Å². The molecule has 0 aliphatic heterocycles. The fraction of sp³-hybridized carbons (Fsp3) is 1.00. The molecule has 0 heterocycles. The first-order valence-corrected chi connectivity index (χ1v) is 5.77. The van der Waals surface area contributed by atoms with Gasteiger partial charge < -0.3 is 0 Å². The Hall–Kier alpha value is -0.0900. The van der Waals surface area contributed by atoms with Crippen molar-refractivity contribution >= 4 is 10.1 Å². The molecule has 0 atom stereocenters. The summed E-state index contributed by atoms with van der Waals surface area (Å²) < 4.78 is 29.0. The number of unbranched alkanes of at least 4 members (excludes halogenated alkanes) is 1. The first-order chi connectivity index (χ1) is 5.21. The highest BCUT2D eigenvalue weighted by molar-refractivity contribution is 7.85. The highest BCUT2D eigenvalue weighted by Gasteiger charge is 2.10. The largest absolute Gasteiger partial charge is 0.286 e. The Morgan fingerprint density at radius 2 is 1.67 bits per heavy atom. The second kappa shape index (κ2) is 4.23. The van der Waals surface area contributed by atoms with Crippen LogP contribution in [0.25, 0.3) is 0 Å². The topological polar surface area (TPSA) is 54.4 Å². The molecule has 0 aliphatic carbocycles. The summed E-state index contributed by atoms with van der Waals surface area (Å²) >= 11 is 0. The number of rotatable bonds is 4. The fourth-order valence-electron chi connectivity index (χ4n) is 0.940. The molecule has 0 unspecified atom stereocenters. The van der Waals surface area contributed by atoms with E-state index in [1.165, 1.54) is 0 Å². The summed E-state index contributed by atoms with van der Waals surface area (Å²) in [5.74, 6) is -0.108. The normalized spacial score (nSPS) is 13.3. The molecule has 0 fully saturated rings. The van der Waals surface area contributed by atoms with E-state index in [0.29, 0.717) is 6.42 Å². The van der Waals surface area contributed by atoms with Gasteiger partial charge in [0.1, 0.15) is 0 Å². The van der Waals surface area contributed by atoms with Crippen LogP contribution in [0, 0.1) is 5.41 Å². The van der Waals surface area contributed by atoms with Crippen LogP contribution in [0.5, 0.6) is 0 Å². The molecule has 12 heavy (non-hydrogen) atoms. The maximum Gasteiger partial charge on any atom is 0.264 e. The highest BCUT2D eigenvalue weighted by Crippen LogP contribution is 2.21. The quantitative estimate of drug-likeness (QED) is 0.550. The van der Waals surface area contributed by atoms with Crippen molar-refractivity contribution in [1.29, 1.82) is 0 Å². The fourth-order valence-corrected chi connectivity index (χ4v) is 1.51. The van der Waals surface area contributed by atoms with Gasteiger partial charge in [-0.3, -0.25) is 4.55 Å². The summed E-state index contributed by atoms with van der Waals surface area (Å²) in [4.78, 5) is 0. The Bertz CT molecular complexity index is 211. The van der Waals surface area contributed by atoms with Crippen LogP contribution in [0.1, 0.15) is 40.0 Å². The molecule has 0 aromatic carbocycles. The molecule has 0 bridgehead atoms. The SMILES string of the molecule is CC(C)(C)CCCCS(=O)(=O)O. The second-order valence-electron chi connectivity index (χ2n) is 4.30. The zero-order valence-corrected chi connectivity index (χ0v) is 8.82. The molecule has 0 saturated heterocycles. The van der Waals surface area contributed by atoms with E-state index < -0.39 is 10.1 Å². The molecular formula is C8H18O3S. The van der Waals surface area contributed by atoms with E-state index in [9.17, 15) is 8.42 Å². The van der Waals surface area contributed by atoms with Gasteiger partial charge in [-0.25, -0.2) is 0 Å². The average Bonchev–Trinajstić information content (AvgIpc) is 1.76. The predicted octanol–water partition coefficient (Wildman–Crippen LogP) is 2.09. The predicted molar refractivity (Wildman–Crippen MR) is 49.7 cm³/mol. The zero-order valence-electron chi connectivity index (χ0n) is 8.00. The molecule has 0 aromatic heterocycles. The van der Waals surface area contributed by atoms with Gasteiger partial charge >= 0.3 is 0 Å². The molecule has 0 saturated carbocycles. The summed E-state index contributed by atoms with van der Waals surface area (Å²) in [6.07, 6.45) is 2.39. The molecule has 0 rings (SSSR count). The average molecular weight is 194 g/mol. The summed E-state index contributed by atoms with van der Waals surface area (Å²) in [6.45, 7) is 6.33. The maximum atomic E-state index is 10.3. The van der Waals surface area contributed by atoms with Crippen molar-refractivity contribution in [2.24, 2.45) is 5.41 Å². The van der Waals surface area contributed by atoms with Crippen molar-refractivity contribution in [3.8, 4) is 0 Å². The van der Waals surface area contributed by atoms with Gasteiger partial charge in [-0.05, 0) is 18.3 Å². The minimum atomic E-state index is -3.74. The van der Waals surface area contributed by atoms with Crippen LogP contribution >= 0.6 is 0 Å². The van der Waals surface area contributed by atoms with E-state index in [0.717, 1.165) is 12.8 Å². The van der Waals surface area contributed by atoms with Crippen molar-refractivity contribution < 1.29 is 13.0 Å². The molecule has 3 nitrogen and oxygen atoms in total. The molecule has 1 N–H and O–H groups in total. The smallest absolute Gasteiger partial charge is 0.264 e. The van der Waals surface area contributed by atoms with Crippen LogP contribution in [-0.2, 0) is 10.1 Å². The summed E-state index contributed by atoms with van der Waals surface area (Å²) in [5, 5.41) is 0. The van der Waals surface area contributed by atoms with Gasteiger partial charge in [0.2, 0.25) is 0 Å². The van der Waals surface area contributed by atoms with Crippen LogP contribution in [-0.4, -0.2) is 18.7 Å². The molecule has 0 aliphatic rings. The van der Waals surface area contributed by atoms with Gasteiger partial charge in [0, 0.05) is 0 Å². The molecule has 0 radical (unpaired) electrons. The molecule has 0 aromatic rings. The minimum Gasteiger partial charge on any atom is -0.286 e. The Labute approximate surface area is 74.9 Å². The van der Waals surface area contributed by atoms with Crippen LogP contribution in [0.3, 0.4) is 0 Å². The van der Waals surface area contributed by atoms with Gasteiger partial charge in [-0.1, -0.05) is 27.2 Å². The van der Waals surface area contributed by atoms with Crippen LogP contribution in [0.2, 0.25) is 0 Å². The summed E-state index contributed by atoms with van der Waals surface area (Å²) in [7, 11) is -3.74. The summed E-state index contributed by atoms with van der Waals surface area (Å²) in [6, 6.07) is 0. The van der Waals surface area contributed by atoms with E-state index >= 15 is 0 Å². The maximum absolute atomic E-state index is 10.3. The molecule has 0 spiro atoms. The van der Waals surface area contributed by atoms with Gasteiger partial charge in [0.05, 0.1) is 5.75 Å². The molecule has 4 heteroatoms. The summed E-state index contributed by atoms with van der Waals surface area (Å²) in [5.41, 5.74) is 0.249. The van der Waals surface area contributed by atoms with Gasteiger partial charge in [0.15, 0.2) is 0 Å². The molecular weight excluding hydrogens is 176 g/mol. The standard InChI is InChI=1S/C8H18O3S/c1-8(2,3)6-4-5-7-12(9,10)11/h4-7H2,1-3H3,(H,9,10,11). The monoisotopic (exact) mass is 194 g/mol. The number of hydrogen-bond acceptors (Lipinski definition) is 2. The van der Waals surface area contributed by atoms with E-state index in [2.05, 4.69) is 20.8 Å². The number of hydrogen-bond donors (Lipinski definition) is 1. The first-order valence-electron chi connectivity index (χ1n) is 4.16. The lowest BCUT2D eigenvalue weighted by Gasteiger charge is -2.16. The van der Waals surface area contributed by atoms with E-state index in [1.807, 2.05) is 0 Å². The van der Waals surface area contributed by atoms with Crippen LogP contribution < -0.4 is 0 Å². The third kappa shape index (κ3) is 9.91. The lowest BCUT2D eigenvalue weighted by Crippen LogP contribution is -2.07. The highest BCUT2D eigenvalue weighted by atomic mass is 32.2. The Morgan fingerprint density at radius 1 is 1.17 bits per heavy atom. The zero-order chi connectivity index (χ0) is 9.83. The van der Waals surface area contributed by atoms with Crippen molar-refractivity contribution in [3.05, 3.63) is 0 Å².